The molecular formula is C23H26ClN7O. The fraction of sp³-hybridized carbons (Fsp3) is 0.391. The number of fused-ring (bicyclic) bond motifs is 1. The minimum Gasteiger partial charge on any atom is -0.383 e. The molecule has 1 amide bonds. The lowest BCUT2D eigenvalue weighted by Gasteiger charge is -2.16. The van der Waals surface area contributed by atoms with Crippen molar-refractivity contribution in [2.75, 3.05) is 32.4 Å². The Morgan fingerprint density at radius 2 is 2.03 bits per heavy atom. The highest BCUT2D eigenvalue weighted by Crippen LogP contribution is 2.34. The van der Waals surface area contributed by atoms with E-state index in [1.807, 2.05) is 39.9 Å². The largest absolute Gasteiger partial charge is 0.383 e. The summed E-state index contributed by atoms with van der Waals surface area (Å²) in [5.41, 5.74) is 8.51. The van der Waals surface area contributed by atoms with Crippen molar-refractivity contribution in [3.05, 3.63) is 47.8 Å². The summed E-state index contributed by atoms with van der Waals surface area (Å²) in [6.45, 7) is 2.07. The number of aromatic nitrogens is 4. The quantitative estimate of drug-likeness (QED) is 0.578. The Kier molecular flexibility index (Phi) is 5.57. The number of likely N-dealkylation sites (N-methyl/N-ethyl adjacent to an activating group) is 1. The number of rotatable bonds is 6. The third kappa shape index (κ3) is 4.08. The number of carbonyl (C=O) groups excluding carboxylic acids is 1. The minimum absolute atomic E-state index is 0.0272. The summed E-state index contributed by atoms with van der Waals surface area (Å²) in [5, 5.41) is 6.25. The summed E-state index contributed by atoms with van der Waals surface area (Å²) in [7, 11) is 2.10. The van der Waals surface area contributed by atoms with E-state index in [0.29, 0.717) is 35.6 Å². The maximum atomic E-state index is 12.7. The second-order valence-electron chi connectivity index (χ2n) is 8.56. The lowest BCUT2D eigenvalue weighted by atomic mass is 10.1. The Labute approximate surface area is 191 Å². The van der Waals surface area contributed by atoms with Gasteiger partial charge in [-0.05, 0) is 38.4 Å². The van der Waals surface area contributed by atoms with E-state index in [1.54, 1.807) is 6.08 Å². The summed E-state index contributed by atoms with van der Waals surface area (Å²) in [6.07, 6.45) is 8.44. The first-order chi connectivity index (χ1) is 15.5. The zero-order valence-corrected chi connectivity index (χ0v) is 18.7. The molecule has 5 rings (SSSR count). The standard InChI is InChI=1S/C23H26ClN7O/c1-29(17-8-9-17)11-2-3-19(32)30-12-10-18(13-30)31-23-20(22(25)26-14-27-23)21(28-31)15-4-6-16(24)7-5-15/h2-7,14,17-18H,8-13H2,1H3,(H2,25,26,27)/t18-/m1/s1. The molecule has 2 fully saturated rings. The van der Waals surface area contributed by atoms with E-state index in [2.05, 4.69) is 21.9 Å². The third-order valence-electron chi connectivity index (χ3n) is 6.28. The molecule has 1 saturated carbocycles. The van der Waals surface area contributed by atoms with Gasteiger partial charge >= 0.3 is 0 Å². The molecule has 0 spiro atoms. The monoisotopic (exact) mass is 451 g/mol. The molecule has 1 aliphatic heterocycles. The molecule has 3 aromatic rings. The molecule has 8 nitrogen and oxygen atoms in total. The molecule has 0 unspecified atom stereocenters. The van der Waals surface area contributed by atoms with Gasteiger partial charge in [-0.25, -0.2) is 14.6 Å². The SMILES string of the molecule is CN(CC=CC(=O)N1CC[C@@H](n2nc(-c3ccc(Cl)cc3)c3c(N)ncnc32)C1)C1CC1. The topological polar surface area (TPSA) is 93.2 Å². The number of hydrogen-bond acceptors (Lipinski definition) is 6. The maximum absolute atomic E-state index is 12.7. The highest BCUT2D eigenvalue weighted by molar-refractivity contribution is 6.30. The van der Waals surface area contributed by atoms with Gasteiger partial charge in [-0.3, -0.25) is 9.69 Å². The van der Waals surface area contributed by atoms with Crippen LogP contribution in [-0.4, -0.2) is 68.2 Å². The van der Waals surface area contributed by atoms with Crippen LogP contribution in [0.15, 0.2) is 42.7 Å². The number of nitrogen functional groups attached to an aromatic ring is 1. The summed E-state index contributed by atoms with van der Waals surface area (Å²) < 4.78 is 1.90. The molecule has 1 aliphatic carbocycles. The van der Waals surface area contributed by atoms with E-state index in [-0.39, 0.29) is 11.9 Å². The van der Waals surface area contributed by atoms with Crippen molar-refractivity contribution in [3.63, 3.8) is 0 Å². The van der Waals surface area contributed by atoms with Crippen LogP contribution in [0.1, 0.15) is 25.3 Å². The molecule has 9 heteroatoms. The van der Waals surface area contributed by atoms with E-state index in [1.165, 1.54) is 19.2 Å². The molecular weight excluding hydrogens is 426 g/mol. The molecule has 1 atom stereocenters. The van der Waals surface area contributed by atoms with E-state index < -0.39 is 0 Å². The van der Waals surface area contributed by atoms with Gasteiger partial charge in [0.25, 0.3) is 0 Å². The molecule has 166 valence electrons. The molecule has 1 aromatic carbocycles. The smallest absolute Gasteiger partial charge is 0.246 e. The van der Waals surface area contributed by atoms with Gasteiger partial charge in [0, 0.05) is 42.3 Å². The van der Waals surface area contributed by atoms with Crippen LogP contribution in [0.5, 0.6) is 0 Å². The van der Waals surface area contributed by atoms with Crippen LogP contribution in [-0.2, 0) is 4.79 Å². The zero-order chi connectivity index (χ0) is 22.2. The molecule has 0 radical (unpaired) electrons. The van der Waals surface area contributed by atoms with Crippen molar-refractivity contribution in [2.45, 2.75) is 31.3 Å². The van der Waals surface area contributed by atoms with Gasteiger partial charge in [0.15, 0.2) is 5.65 Å². The van der Waals surface area contributed by atoms with E-state index in [9.17, 15) is 4.79 Å². The normalized spacial score (nSPS) is 19.0. The van der Waals surface area contributed by atoms with Gasteiger partial charge in [-0.15, -0.1) is 0 Å². The Bertz CT molecular complexity index is 1170. The fourth-order valence-corrected chi connectivity index (χ4v) is 4.42. The molecule has 2 aromatic heterocycles. The van der Waals surface area contributed by atoms with Crippen LogP contribution in [0.3, 0.4) is 0 Å². The Morgan fingerprint density at radius 3 is 2.78 bits per heavy atom. The number of benzene rings is 1. The third-order valence-corrected chi connectivity index (χ3v) is 6.53. The molecule has 0 bridgehead atoms. The number of nitrogens with two attached hydrogens (primary N) is 1. The number of hydrogen-bond donors (Lipinski definition) is 1. The van der Waals surface area contributed by atoms with Crippen molar-refractivity contribution in [1.29, 1.82) is 0 Å². The number of carbonyl (C=O) groups is 1. The number of anilines is 1. The zero-order valence-electron chi connectivity index (χ0n) is 18.0. The summed E-state index contributed by atoms with van der Waals surface area (Å²) in [4.78, 5) is 25.5. The van der Waals surface area contributed by atoms with Crippen LogP contribution in [0.4, 0.5) is 5.82 Å². The lowest BCUT2D eigenvalue weighted by molar-refractivity contribution is -0.125. The molecule has 32 heavy (non-hydrogen) atoms. The highest BCUT2D eigenvalue weighted by atomic mass is 35.5. The molecule has 1 saturated heterocycles. The highest BCUT2D eigenvalue weighted by Gasteiger charge is 2.30. The Hall–Kier alpha value is -2.97. The van der Waals surface area contributed by atoms with Crippen LogP contribution in [0.25, 0.3) is 22.3 Å². The van der Waals surface area contributed by atoms with E-state index in [4.69, 9.17) is 22.4 Å². The summed E-state index contributed by atoms with van der Waals surface area (Å²) in [5.74, 6) is 0.431. The van der Waals surface area contributed by atoms with Crippen molar-refractivity contribution in [3.8, 4) is 11.3 Å². The molecule has 2 N–H and O–H groups in total. The number of nitrogens with zero attached hydrogens (tertiary/aromatic N) is 6. The van der Waals surface area contributed by atoms with Crippen molar-refractivity contribution >= 4 is 34.4 Å². The number of amides is 1. The Morgan fingerprint density at radius 1 is 1.25 bits per heavy atom. The van der Waals surface area contributed by atoms with Gasteiger partial charge in [-0.1, -0.05) is 29.8 Å². The first kappa shape index (κ1) is 20.9. The predicted octanol–water partition coefficient (Wildman–Crippen LogP) is 3.15. The predicted molar refractivity (Wildman–Crippen MR) is 125 cm³/mol. The maximum Gasteiger partial charge on any atom is 0.246 e. The van der Waals surface area contributed by atoms with Crippen LogP contribution in [0, 0.1) is 0 Å². The first-order valence-electron chi connectivity index (χ1n) is 10.9. The van der Waals surface area contributed by atoms with Gasteiger partial charge in [0.05, 0.1) is 11.4 Å². The van der Waals surface area contributed by atoms with Gasteiger partial charge in [-0.2, -0.15) is 5.10 Å². The van der Waals surface area contributed by atoms with E-state index >= 15 is 0 Å². The van der Waals surface area contributed by atoms with Crippen molar-refractivity contribution in [1.82, 2.24) is 29.5 Å². The van der Waals surface area contributed by atoms with E-state index in [0.717, 1.165) is 29.6 Å². The second kappa shape index (κ2) is 8.52. The second-order valence-corrected chi connectivity index (χ2v) is 8.99. The van der Waals surface area contributed by atoms with Crippen molar-refractivity contribution in [2.24, 2.45) is 0 Å². The summed E-state index contributed by atoms with van der Waals surface area (Å²) >= 11 is 6.05. The molecule has 3 heterocycles. The Balaban J connectivity index is 1.37. The van der Waals surface area contributed by atoms with Gasteiger partial charge in [0.1, 0.15) is 17.8 Å². The summed E-state index contributed by atoms with van der Waals surface area (Å²) in [6, 6.07) is 8.18. The van der Waals surface area contributed by atoms with Crippen LogP contribution in [0.2, 0.25) is 5.02 Å². The van der Waals surface area contributed by atoms with Gasteiger partial charge in [0.2, 0.25) is 5.91 Å². The first-order valence-corrected chi connectivity index (χ1v) is 11.3. The lowest BCUT2D eigenvalue weighted by Crippen LogP contribution is -2.28. The minimum atomic E-state index is 0.0272. The molecule has 2 aliphatic rings. The van der Waals surface area contributed by atoms with Crippen molar-refractivity contribution < 1.29 is 4.79 Å². The van der Waals surface area contributed by atoms with Crippen LogP contribution < -0.4 is 5.73 Å². The fourth-order valence-electron chi connectivity index (χ4n) is 4.29. The number of likely N-dealkylation sites (tertiary alicyclic amines) is 1. The van der Waals surface area contributed by atoms with Gasteiger partial charge < -0.3 is 10.6 Å². The average Bonchev–Trinajstić information content (AvgIpc) is 3.39. The average molecular weight is 452 g/mol. The van der Waals surface area contributed by atoms with Crippen LogP contribution >= 0.6 is 11.6 Å². The number of halogens is 1.